The lowest BCUT2D eigenvalue weighted by molar-refractivity contribution is -0.136. The number of carboxylic acids is 1. The lowest BCUT2D eigenvalue weighted by Gasteiger charge is -2.41. The molecular formula is C21H32N2O2. The third-order valence-electron chi connectivity index (χ3n) is 5.88. The molecule has 2 aliphatic rings. The number of benzene rings is 1. The van der Waals surface area contributed by atoms with Crippen molar-refractivity contribution in [3.05, 3.63) is 29.8 Å². The molecular weight excluding hydrogens is 312 g/mol. The van der Waals surface area contributed by atoms with Crippen molar-refractivity contribution < 1.29 is 9.90 Å². The van der Waals surface area contributed by atoms with E-state index in [1.807, 2.05) is 12.1 Å². The third-order valence-corrected chi connectivity index (χ3v) is 5.88. The number of aryl methyl sites for hydroxylation is 1. The zero-order valence-electron chi connectivity index (χ0n) is 15.4. The lowest BCUT2D eigenvalue weighted by Crippen LogP contribution is -2.46. The van der Waals surface area contributed by atoms with E-state index >= 15 is 0 Å². The smallest absolute Gasteiger partial charge is 0.303 e. The van der Waals surface area contributed by atoms with Gasteiger partial charge in [-0.05, 0) is 55.7 Å². The van der Waals surface area contributed by atoms with Gasteiger partial charge in [0.15, 0.2) is 0 Å². The minimum Gasteiger partial charge on any atom is -0.481 e. The molecule has 1 saturated heterocycles. The standard InChI is InChI=1S/C21H32N2O2/c1-16-4-2-7-20(14-16)23-12-10-18(11-13-23)22-19-6-3-5-17(15-19)8-9-21(24)25/h3,5-6,15-16,18,20,22H,2,4,7-14H2,1H3,(H,24,25). The molecule has 2 N–H and O–H groups in total. The van der Waals surface area contributed by atoms with Crippen molar-refractivity contribution in [1.82, 2.24) is 4.90 Å². The Morgan fingerprint density at radius 1 is 1.24 bits per heavy atom. The summed E-state index contributed by atoms with van der Waals surface area (Å²) in [6.07, 6.45) is 8.76. The van der Waals surface area contributed by atoms with Crippen molar-refractivity contribution in [3.8, 4) is 0 Å². The molecule has 4 heteroatoms. The second kappa shape index (κ2) is 8.70. The van der Waals surface area contributed by atoms with Crippen molar-refractivity contribution in [2.45, 2.75) is 70.4 Å². The van der Waals surface area contributed by atoms with Gasteiger partial charge in [0.2, 0.25) is 0 Å². The van der Waals surface area contributed by atoms with Gasteiger partial charge in [0, 0.05) is 37.3 Å². The Bertz CT molecular complexity index is 567. The van der Waals surface area contributed by atoms with E-state index in [-0.39, 0.29) is 6.42 Å². The second-order valence-electron chi connectivity index (χ2n) is 7.97. The van der Waals surface area contributed by atoms with Crippen molar-refractivity contribution >= 4 is 11.7 Å². The van der Waals surface area contributed by atoms with E-state index in [0.717, 1.165) is 23.2 Å². The van der Waals surface area contributed by atoms with Gasteiger partial charge in [0.05, 0.1) is 0 Å². The molecule has 1 aliphatic carbocycles. The number of likely N-dealkylation sites (tertiary alicyclic amines) is 1. The minimum absolute atomic E-state index is 0.196. The number of hydrogen-bond acceptors (Lipinski definition) is 3. The van der Waals surface area contributed by atoms with Gasteiger partial charge in [-0.1, -0.05) is 31.9 Å². The summed E-state index contributed by atoms with van der Waals surface area (Å²) < 4.78 is 0. The molecule has 0 bridgehead atoms. The summed E-state index contributed by atoms with van der Waals surface area (Å²) in [6.45, 7) is 4.80. The fourth-order valence-corrected chi connectivity index (χ4v) is 4.45. The SMILES string of the molecule is CC1CCCC(N2CCC(Nc3cccc(CCC(=O)O)c3)CC2)C1. The number of rotatable bonds is 6. The average molecular weight is 344 g/mol. The number of carbonyl (C=O) groups is 1. The van der Waals surface area contributed by atoms with E-state index in [1.54, 1.807) is 0 Å². The largest absolute Gasteiger partial charge is 0.481 e. The zero-order valence-corrected chi connectivity index (χ0v) is 15.4. The zero-order chi connectivity index (χ0) is 17.6. The summed E-state index contributed by atoms with van der Waals surface area (Å²) in [5, 5.41) is 12.5. The Balaban J connectivity index is 1.47. The van der Waals surface area contributed by atoms with E-state index in [2.05, 4.69) is 29.3 Å². The summed E-state index contributed by atoms with van der Waals surface area (Å²) in [5.41, 5.74) is 2.23. The number of carboxylic acid groups (broad SMARTS) is 1. The molecule has 138 valence electrons. The first kappa shape index (κ1) is 18.2. The van der Waals surface area contributed by atoms with Crippen molar-refractivity contribution in [1.29, 1.82) is 0 Å². The van der Waals surface area contributed by atoms with Gasteiger partial charge >= 0.3 is 5.97 Å². The first-order valence-corrected chi connectivity index (χ1v) is 9.91. The average Bonchev–Trinajstić information content (AvgIpc) is 2.61. The number of hydrogen-bond donors (Lipinski definition) is 2. The molecule has 2 unspecified atom stereocenters. The molecule has 0 aromatic heterocycles. The van der Waals surface area contributed by atoms with Crippen LogP contribution in [0.3, 0.4) is 0 Å². The van der Waals surface area contributed by atoms with Crippen LogP contribution in [0.5, 0.6) is 0 Å². The minimum atomic E-state index is -0.734. The van der Waals surface area contributed by atoms with Crippen LogP contribution in [-0.2, 0) is 11.2 Å². The maximum absolute atomic E-state index is 10.7. The molecule has 1 aromatic rings. The molecule has 1 saturated carbocycles. The Morgan fingerprint density at radius 3 is 2.76 bits per heavy atom. The Labute approximate surface area is 151 Å². The Kier molecular flexibility index (Phi) is 6.35. The predicted molar refractivity (Wildman–Crippen MR) is 102 cm³/mol. The van der Waals surface area contributed by atoms with E-state index in [0.29, 0.717) is 12.5 Å². The fraction of sp³-hybridized carbons (Fsp3) is 0.667. The summed E-state index contributed by atoms with van der Waals surface area (Å²) in [6, 6.07) is 9.59. The van der Waals surface area contributed by atoms with Crippen LogP contribution in [0.2, 0.25) is 0 Å². The van der Waals surface area contributed by atoms with Gasteiger partial charge < -0.3 is 15.3 Å². The number of piperidine rings is 1. The van der Waals surface area contributed by atoms with E-state index < -0.39 is 5.97 Å². The van der Waals surface area contributed by atoms with E-state index in [1.165, 1.54) is 51.6 Å². The Hall–Kier alpha value is -1.55. The van der Waals surface area contributed by atoms with Crippen LogP contribution >= 0.6 is 0 Å². The number of nitrogens with zero attached hydrogens (tertiary/aromatic N) is 1. The summed E-state index contributed by atoms with van der Waals surface area (Å²) in [7, 11) is 0. The van der Waals surface area contributed by atoms with E-state index in [9.17, 15) is 4.79 Å². The monoisotopic (exact) mass is 344 g/mol. The number of aliphatic carboxylic acids is 1. The maximum atomic E-state index is 10.7. The molecule has 0 radical (unpaired) electrons. The molecule has 1 aromatic carbocycles. The van der Waals surface area contributed by atoms with Gasteiger partial charge in [0.1, 0.15) is 0 Å². The second-order valence-corrected chi connectivity index (χ2v) is 7.97. The van der Waals surface area contributed by atoms with Gasteiger partial charge in [-0.3, -0.25) is 4.79 Å². The molecule has 0 spiro atoms. The van der Waals surface area contributed by atoms with Crippen LogP contribution < -0.4 is 5.32 Å². The van der Waals surface area contributed by atoms with Crippen molar-refractivity contribution in [2.24, 2.45) is 5.92 Å². The molecule has 1 heterocycles. The van der Waals surface area contributed by atoms with Crippen LogP contribution in [0.4, 0.5) is 5.69 Å². The molecule has 0 amide bonds. The number of nitrogens with one attached hydrogen (secondary N) is 1. The quantitative estimate of drug-likeness (QED) is 0.814. The molecule has 2 fully saturated rings. The van der Waals surface area contributed by atoms with Gasteiger partial charge in [0.25, 0.3) is 0 Å². The first-order valence-electron chi connectivity index (χ1n) is 9.91. The highest BCUT2D eigenvalue weighted by Gasteiger charge is 2.28. The van der Waals surface area contributed by atoms with Crippen molar-refractivity contribution in [3.63, 3.8) is 0 Å². The maximum Gasteiger partial charge on any atom is 0.303 e. The topological polar surface area (TPSA) is 52.6 Å². The highest BCUT2D eigenvalue weighted by molar-refractivity contribution is 5.67. The molecule has 2 atom stereocenters. The molecule has 25 heavy (non-hydrogen) atoms. The lowest BCUT2D eigenvalue weighted by atomic mass is 9.85. The first-order chi connectivity index (χ1) is 12.1. The predicted octanol–water partition coefficient (Wildman–Crippen LogP) is 4.16. The van der Waals surface area contributed by atoms with Crippen LogP contribution in [0.15, 0.2) is 24.3 Å². The molecule has 3 rings (SSSR count). The van der Waals surface area contributed by atoms with Crippen molar-refractivity contribution in [2.75, 3.05) is 18.4 Å². The summed E-state index contributed by atoms with van der Waals surface area (Å²) in [4.78, 5) is 13.5. The van der Waals surface area contributed by atoms with Crippen LogP contribution in [0, 0.1) is 5.92 Å². The van der Waals surface area contributed by atoms with Gasteiger partial charge in [-0.25, -0.2) is 0 Å². The highest BCUT2D eigenvalue weighted by atomic mass is 16.4. The van der Waals surface area contributed by atoms with Crippen LogP contribution in [0.25, 0.3) is 0 Å². The number of anilines is 1. The fourth-order valence-electron chi connectivity index (χ4n) is 4.45. The van der Waals surface area contributed by atoms with E-state index in [4.69, 9.17) is 5.11 Å². The van der Waals surface area contributed by atoms with Gasteiger partial charge in [-0.2, -0.15) is 0 Å². The molecule has 1 aliphatic heterocycles. The Morgan fingerprint density at radius 2 is 2.04 bits per heavy atom. The highest BCUT2D eigenvalue weighted by Crippen LogP contribution is 2.29. The normalized spacial score (nSPS) is 25.6. The summed E-state index contributed by atoms with van der Waals surface area (Å²) >= 11 is 0. The van der Waals surface area contributed by atoms with Gasteiger partial charge in [-0.15, -0.1) is 0 Å². The third kappa shape index (κ3) is 5.46. The summed E-state index contributed by atoms with van der Waals surface area (Å²) in [5.74, 6) is 0.158. The van der Waals surface area contributed by atoms with Crippen LogP contribution in [0.1, 0.15) is 57.4 Å². The van der Waals surface area contributed by atoms with Crippen LogP contribution in [-0.4, -0.2) is 41.1 Å². The molecule has 4 nitrogen and oxygen atoms in total.